The molecule has 5 rings (SSSR count). The summed E-state index contributed by atoms with van der Waals surface area (Å²) < 4.78 is 33.9. The van der Waals surface area contributed by atoms with Crippen LogP contribution in [-0.4, -0.2) is 20.9 Å². The quantitative estimate of drug-likeness (QED) is 0.299. The molecule has 35 heavy (non-hydrogen) atoms. The highest BCUT2D eigenvalue weighted by atomic mass is 35.5. The normalized spacial score (nSPS) is 10.8. The van der Waals surface area contributed by atoms with E-state index in [1.165, 1.54) is 24.3 Å². The van der Waals surface area contributed by atoms with Crippen molar-refractivity contribution in [2.75, 3.05) is 5.32 Å². The number of hydrogen-bond acceptors (Lipinski definition) is 5. The van der Waals surface area contributed by atoms with Gasteiger partial charge in [0.15, 0.2) is 11.6 Å². The number of rotatable bonds is 5. The maximum absolute atomic E-state index is 14.5. The molecule has 2 heterocycles. The zero-order valence-corrected chi connectivity index (χ0v) is 18.6. The Labute approximate surface area is 203 Å². The zero-order chi connectivity index (χ0) is 24.4. The van der Waals surface area contributed by atoms with Crippen molar-refractivity contribution in [3.63, 3.8) is 0 Å². The molecule has 6 nitrogen and oxygen atoms in total. The van der Waals surface area contributed by atoms with E-state index in [9.17, 15) is 13.6 Å². The second-order valence-electron chi connectivity index (χ2n) is 7.48. The third-order valence-electron chi connectivity index (χ3n) is 5.07. The van der Waals surface area contributed by atoms with Crippen molar-refractivity contribution in [3.8, 4) is 22.8 Å². The topological polar surface area (TPSA) is 77.0 Å². The fraction of sp³-hybridized carbons (Fsp3) is 0. The van der Waals surface area contributed by atoms with Crippen molar-refractivity contribution in [2.24, 2.45) is 0 Å². The molecule has 1 N–H and O–H groups in total. The van der Waals surface area contributed by atoms with Crippen LogP contribution >= 0.6 is 11.6 Å². The third-order valence-corrected chi connectivity index (χ3v) is 5.38. The Morgan fingerprint density at radius 1 is 0.914 bits per heavy atom. The fourth-order valence-corrected chi connectivity index (χ4v) is 3.45. The summed E-state index contributed by atoms with van der Waals surface area (Å²) in [5, 5.41) is 2.50. The summed E-state index contributed by atoms with van der Waals surface area (Å²) in [6, 6.07) is 16.2. The molecule has 0 fully saturated rings. The average Bonchev–Trinajstić information content (AvgIpc) is 2.87. The van der Waals surface area contributed by atoms with Crippen LogP contribution in [0.5, 0.6) is 11.5 Å². The van der Waals surface area contributed by atoms with E-state index in [1.54, 1.807) is 42.9 Å². The SMILES string of the molecule is O=C(Nc1ccc(F)c(Oc2ccc3ncc(-c4cccnc4)nc3c2)c1)c1ccc(Cl)c(F)c1. The summed E-state index contributed by atoms with van der Waals surface area (Å²) in [6.45, 7) is 0. The van der Waals surface area contributed by atoms with Gasteiger partial charge in [-0.2, -0.15) is 0 Å². The lowest BCUT2D eigenvalue weighted by molar-refractivity contribution is 0.102. The van der Waals surface area contributed by atoms with E-state index in [4.69, 9.17) is 16.3 Å². The van der Waals surface area contributed by atoms with E-state index in [0.29, 0.717) is 22.5 Å². The summed E-state index contributed by atoms with van der Waals surface area (Å²) in [4.78, 5) is 25.6. The fourth-order valence-electron chi connectivity index (χ4n) is 3.34. The van der Waals surface area contributed by atoms with Crippen LogP contribution in [0.2, 0.25) is 5.02 Å². The molecule has 3 aromatic carbocycles. The van der Waals surface area contributed by atoms with E-state index < -0.39 is 17.5 Å². The first kappa shape index (κ1) is 22.4. The summed E-state index contributed by atoms with van der Waals surface area (Å²) in [5.74, 6) is -1.70. The summed E-state index contributed by atoms with van der Waals surface area (Å²) in [5.41, 5.74) is 2.97. The van der Waals surface area contributed by atoms with E-state index >= 15 is 0 Å². The third kappa shape index (κ3) is 4.92. The summed E-state index contributed by atoms with van der Waals surface area (Å²) >= 11 is 5.66. The first-order chi connectivity index (χ1) is 17.0. The minimum Gasteiger partial charge on any atom is -0.454 e. The molecule has 2 aromatic heterocycles. The molecular formula is C26H15ClF2N4O2. The molecule has 0 bridgehead atoms. The molecule has 0 radical (unpaired) electrons. The molecule has 5 aromatic rings. The van der Waals surface area contributed by atoms with Gasteiger partial charge < -0.3 is 10.1 Å². The zero-order valence-electron chi connectivity index (χ0n) is 17.9. The van der Waals surface area contributed by atoms with Crippen molar-refractivity contribution >= 4 is 34.2 Å². The van der Waals surface area contributed by atoms with Crippen LogP contribution in [0.3, 0.4) is 0 Å². The standard InChI is InChI=1S/C26H15ClF2N4O2/c27-19-6-3-15(10-21(19)29)26(34)32-17-4-7-20(28)25(11-17)35-18-5-8-22-23(12-18)33-24(14-31-22)16-2-1-9-30-13-16/h1-14H,(H,32,34). The molecule has 0 atom stereocenters. The average molecular weight is 489 g/mol. The second kappa shape index (κ2) is 9.44. The van der Waals surface area contributed by atoms with Crippen LogP contribution in [0.25, 0.3) is 22.3 Å². The number of hydrogen-bond donors (Lipinski definition) is 1. The number of pyridine rings is 1. The Hall–Kier alpha value is -4.43. The van der Waals surface area contributed by atoms with Gasteiger partial charge in [-0.3, -0.25) is 14.8 Å². The van der Waals surface area contributed by atoms with Gasteiger partial charge in [-0.05, 0) is 54.6 Å². The van der Waals surface area contributed by atoms with Crippen molar-refractivity contribution in [3.05, 3.63) is 108 Å². The molecule has 0 saturated carbocycles. The predicted octanol–water partition coefficient (Wildman–Crippen LogP) is 6.67. The Morgan fingerprint density at radius 2 is 1.80 bits per heavy atom. The summed E-state index contributed by atoms with van der Waals surface area (Å²) in [6.07, 6.45) is 5.00. The van der Waals surface area contributed by atoms with E-state index in [-0.39, 0.29) is 22.0 Å². The highest BCUT2D eigenvalue weighted by Gasteiger charge is 2.13. The molecule has 0 unspecified atom stereocenters. The van der Waals surface area contributed by atoms with Crippen LogP contribution in [0, 0.1) is 11.6 Å². The number of fused-ring (bicyclic) bond motifs is 1. The smallest absolute Gasteiger partial charge is 0.255 e. The molecule has 0 aliphatic heterocycles. The van der Waals surface area contributed by atoms with Gasteiger partial charge in [-0.15, -0.1) is 0 Å². The number of anilines is 1. The Balaban J connectivity index is 1.39. The molecular weight excluding hydrogens is 474 g/mol. The van der Waals surface area contributed by atoms with Crippen LogP contribution < -0.4 is 10.1 Å². The number of ether oxygens (including phenoxy) is 1. The van der Waals surface area contributed by atoms with E-state index in [1.807, 2.05) is 6.07 Å². The molecule has 0 aliphatic rings. The molecule has 1 amide bonds. The van der Waals surface area contributed by atoms with Gasteiger partial charge >= 0.3 is 0 Å². The molecule has 0 saturated heterocycles. The van der Waals surface area contributed by atoms with Gasteiger partial charge in [-0.25, -0.2) is 13.8 Å². The van der Waals surface area contributed by atoms with Gasteiger partial charge in [-0.1, -0.05) is 11.6 Å². The number of benzene rings is 3. The van der Waals surface area contributed by atoms with Crippen LogP contribution in [0.15, 0.2) is 85.3 Å². The minimum absolute atomic E-state index is 0.0659. The first-order valence-corrected chi connectivity index (χ1v) is 10.7. The molecule has 0 aliphatic carbocycles. The number of amides is 1. The van der Waals surface area contributed by atoms with Crippen LogP contribution in [-0.2, 0) is 0 Å². The Kier molecular flexibility index (Phi) is 6.03. The second-order valence-corrected chi connectivity index (χ2v) is 7.88. The monoisotopic (exact) mass is 488 g/mol. The number of halogens is 3. The van der Waals surface area contributed by atoms with E-state index in [0.717, 1.165) is 17.7 Å². The maximum Gasteiger partial charge on any atom is 0.255 e. The van der Waals surface area contributed by atoms with Crippen LogP contribution in [0.1, 0.15) is 10.4 Å². The minimum atomic E-state index is -0.714. The molecule has 9 heteroatoms. The molecule has 172 valence electrons. The number of nitrogens with zero attached hydrogens (tertiary/aromatic N) is 3. The number of aromatic nitrogens is 3. The predicted molar refractivity (Wildman–Crippen MR) is 129 cm³/mol. The lowest BCUT2D eigenvalue weighted by Gasteiger charge is -2.11. The maximum atomic E-state index is 14.5. The largest absolute Gasteiger partial charge is 0.454 e. The summed E-state index contributed by atoms with van der Waals surface area (Å²) in [7, 11) is 0. The lowest BCUT2D eigenvalue weighted by Crippen LogP contribution is -2.12. The number of carbonyl (C=O) groups excluding carboxylic acids is 1. The van der Waals surface area contributed by atoms with Gasteiger partial charge in [0.25, 0.3) is 5.91 Å². The lowest BCUT2D eigenvalue weighted by atomic mass is 10.2. The Bertz CT molecular complexity index is 1560. The van der Waals surface area contributed by atoms with E-state index in [2.05, 4.69) is 20.3 Å². The number of carbonyl (C=O) groups is 1. The van der Waals surface area contributed by atoms with Gasteiger partial charge in [0.05, 0.1) is 27.9 Å². The van der Waals surface area contributed by atoms with Crippen molar-refractivity contribution < 1.29 is 18.3 Å². The highest BCUT2D eigenvalue weighted by Crippen LogP contribution is 2.30. The first-order valence-electron chi connectivity index (χ1n) is 10.4. The molecule has 0 spiro atoms. The van der Waals surface area contributed by atoms with Crippen LogP contribution in [0.4, 0.5) is 14.5 Å². The van der Waals surface area contributed by atoms with Gasteiger partial charge in [0.1, 0.15) is 11.6 Å². The van der Waals surface area contributed by atoms with Crippen molar-refractivity contribution in [1.82, 2.24) is 15.0 Å². The van der Waals surface area contributed by atoms with Crippen molar-refractivity contribution in [1.29, 1.82) is 0 Å². The Morgan fingerprint density at radius 3 is 2.60 bits per heavy atom. The van der Waals surface area contributed by atoms with Gasteiger partial charge in [0, 0.05) is 41.3 Å². The highest BCUT2D eigenvalue weighted by molar-refractivity contribution is 6.30. The van der Waals surface area contributed by atoms with Gasteiger partial charge in [0.2, 0.25) is 0 Å². The van der Waals surface area contributed by atoms with Crippen molar-refractivity contribution in [2.45, 2.75) is 0 Å². The number of nitrogens with one attached hydrogen (secondary N) is 1.